The molecule has 6 nitrogen and oxygen atoms in total. The first-order chi connectivity index (χ1) is 9.38. The molecule has 6 heteroatoms. The fourth-order valence-corrected chi connectivity index (χ4v) is 1.97. The van der Waals surface area contributed by atoms with Gasteiger partial charge in [0.2, 0.25) is 0 Å². The monoisotopic (exact) mass is 281 g/mol. The van der Waals surface area contributed by atoms with E-state index in [9.17, 15) is 9.59 Å². The lowest BCUT2D eigenvalue weighted by Crippen LogP contribution is -2.42. The molecule has 1 rings (SSSR count). The van der Waals surface area contributed by atoms with Gasteiger partial charge in [0.1, 0.15) is 11.7 Å². The summed E-state index contributed by atoms with van der Waals surface area (Å²) in [6.45, 7) is 5.95. The molecule has 1 aromatic rings. The van der Waals surface area contributed by atoms with Gasteiger partial charge in [-0.1, -0.05) is 20.8 Å². The Kier molecular flexibility index (Phi) is 5.73. The molecule has 112 valence electrons. The van der Waals surface area contributed by atoms with Crippen LogP contribution in [0.2, 0.25) is 0 Å². The molecule has 1 amide bonds. The molecule has 0 radical (unpaired) electrons. The van der Waals surface area contributed by atoms with Crippen LogP contribution < -0.4 is 5.32 Å². The summed E-state index contributed by atoms with van der Waals surface area (Å²) in [6.07, 6.45) is 1.30. The van der Waals surface area contributed by atoms with Crippen LogP contribution in [0, 0.1) is 5.92 Å². The third-order valence-electron chi connectivity index (χ3n) is 3.02. The van der Waals surface area contributed by atoms with Crippen molar-refractivity contribution in [1.82, 2.24) is 15.1 Å². The zero-order valence-electron chi connectivity index (χ0n) is 12.8. The number of aryl methyl sites for hydroxylation is 2. The lowest BCUT2D eigenvalue weighted by atomic mass is 10.0. The van der Waals surface area contributed by atoms with Crippen molar-refractivity contribution >= 4 is 11.9 Å². The lowest BCUT2D eigenvalue weighted by molar-refractivity contribution is -0.143. The summed E-state index contributed by atoms with van der Waals surface area (Å²) in [5.41, 5.74) is 1.29. The van der Waals surface area contributed by atoms with Gasteiger partial charge in [-0.25, -0.2) is 4.79 Å². The first-order valence-electron chi connectivity index (χ1n) is 6.80. The quantitative estimate of drug-likeness (QED) is 0.798. The van der Waals surface area contributed by atoms with Crippen molar-refractivity contribution in [2.45, 2.75) is 39.7 Å². The first kappa shape index (κ1) is 16.2. The maximum Gasteiger partial charge on any atom is 0.328 e. The van der Waals surface area contributed by atoms with E-state index >= 15 is 0 Å². The number of hydrogen-bond acceptors (Lipinski definition) is 4. The highest BCUT2D eigenvalue weighted by molar-refractivity contribution is 5.95. The predicted octanol–water partition coefficient (Wildman–Crippen LogP) is 1.30. The van der Waals surface area contributed by atoms with Gasteiger partial charge in [0.05, 0.1) is 12.8 Å². The summed E-state index contributed by atoms with van der Waals surface area (Å²) in [4.78, 5) is 23.9. The van der Waals surface area contributed by atoms with Crippen molar-refractivity contribution in [1.29, 1.82) is 0 Å². The number of rotatable bonds is 6. The SMILES string of the molecule is CCc1cc(C(=O)NC(CC(C)C)C(=O)OC)n(C)n1. The average Bonchev–Trinajstić information content (AvgIpc) is 2.77. The van der Waals surface area contributed by atoms with E-state index in [0.717, 1.165) is 12.1 Å². The highest BCUT2D eigenvalue weighted by atomic mass is 16.5. The van der Waals surface area contributed by atoms with E-state index < -0.39 is 12.0 Å². The minimum Gasteiger partial charge on any atom is -0.467 e. The standard InChI is InChI=1S/C14H23N3O3/c1-6-10-8-12(17(4)16-10)13(18)15-11(7-9(2)3)14(19)20-5/h8-9,11H,6-7H2,1-5H3,(H,15,18). The Hall–Kier alpha value is -1.85. The molecule has 1 aromatic heterocycles. The van der Waals surface area contributed by atoms with Crippen LogP contribution in [0.1, 0.15) is 43.4 Å². The molecule has 0 aromatic carbocycles. The van der Waals surface area contributed by atoms with E-state index in [1.165, 1.54) is 11.8 Å². The molecule has 0 aliphatic heterocycles. The smallest absolute Gasteiger partial charge is 0.328 e. The summed E-state index contributed by atoms with van der Waals surface area (Å²) < 4.78 is 6.26. The Labute approximate surface area is 119 Å². The molecule has 1 N–H and O–H groups in total. The van der Waals surface area contributed by atoms with Gasteiger partial charge in [-0.3, -0.25) is 9.48 Å². The molecule has 1 atom stereocenters. The number of methoxy groups -OCH3 is 1. The van der Waals surface area contributed by atoms with E-state index in [2.05, 4.69) is 10.4 Å². The number of aromatic nitrogens is 2. The minimum absolute atomic E-state index is 0.275. The van der Waals surface area contributed by atoms with Crippen LogP contribution in [0.25, 0.3) is 0 Å². The molecule has 0 bridgehead atoms. The second-order valence-electron chi connectivity index (χ2n) is 5.18. The molecule has 0 saturated carbocycles. The Balaban J connectivity index is 2.84. The normalized spacial score (nSPS) is 12.3. The Morgan fingerprint density at radius 2 is 2.10 bits per heavy atom. The van der Waals surface area contributed by atoms with Crippen LogP contribution in [0.4, 0.5) is 0 Å². The highest BCUT2D eigenvalue weighted by Crippen LogP contribution is 2.09. The van der Waals surface area contributed by atoms with Gasteiger partial charge in [0.15, 0.2) is 0 Å². The molecule has 0 aliphatic rings. The second kappa shape index (κ2) is 7.07. The topological polar surface area (TPSA) is 73.2 Å². The Morgan fingerprint density at radius 1 is 1.45 bits per heavy atom. The molecule has 0 saturated heterocycles. The van der Waals surface area contributed by atoms with Gasteiger partial charge >= 0.3 is 5.97 Å². The molecular formula is C14H23N3O3. The minimum atomic E-state index is -0.632. The van der Waals surface area contributed by atoms with Gasteiger partial charge in [-0.05, 0) is 24.8 Å². The highest BCUT2D eigenvalue weighted by Gasteiger charge is 2.24. The number of amides is 1. The molecular weight excluding hydrogens is 258 g/mol. The Bertz CT molecular complexity index is 480. The van der Waals surface area contributed by atoms with Crippen molar-refractivity contribution < 1.29 is 14.3 Å². The van der Waals surface area contributed by atoms with Gasteiger partial charge in [0.25, 0.3) is 5.91 Å². The van der Waals surface area contributed by atoms with E-state index in [1.54, 1.807) is 13.1 Å². The Morgan fingerprint density at radius 3 is 2.55 bits per heavy atom. The number of nitrogens with zero attached hydrogens (tertiary/aromatic N) is 2. The van der Waals surface area contributed by atoms with Crippen LogP contribution in [-0.2, 0) is 23.0 Å². The molecule has 1 unspecified atom stereocenters. The molecule has 1 heterocycles. The summed E-state index contributed by atoms with van der Waals surface area (Å²) in [6, 6.07) is 1.10. The summed E-state index contributed by atoms with van der Waals surface area (Å²) in [5, 5.41) is 6.94. The van der Waals surface area contributed by atoms with Gasteiger partial charge in [0, 0.05) is 7.05 Å². The van der Waals surface area contributed by atoms with Gasteiger partial charge < -0.3 is 10.1 Å². The molecule has 20 heavy (non-hydrogen) atoms. The third kappa shape index (κ3) is 4.08. The predicted molar refractivity (Wildman–Crippen MR) is 75.3 cm³/mol. The second-order valence-corrected chi connectivity index (χ2v) is 5.18. The van der Waals surface area contributed by atoms with Crippen LogP contribution in [0.3, 0.4) is 0 Å². The van der Waals surface area contributed by atoms with Crippen molar-refractivity contribution in [3.63, 3.8) is 0 Å². The number of ether oxygens (including phenoxy) is 1. The van der Waals surface area contributed by atoms with Crippen molar-refractivity contribution in [2.24, 2.45) is 13.0 Å². The fraction of sp³-hybridized carbons (Fsp3) is 0.643. The molecule has 0 aliphatic carbocycles. The number of nitrogens with one attached hydrogen (secondary N) is 1. The summed E-state index contributed by atoms with van der Waals surface area (Å²) in [5.74, 6) is -0.460. The van der Waals surface area contributed by atoms with E-state index in [0.29, 0.717) is 12.1 Å². The zero-order chi connectivity index (χ0) is 15.3. The van der Waals surface area contributed by atoms with E-state index in [1.807, 2.05) is 20.8 Å². The van der Waals surface area contributed by atoms with Crippen LogP contribution in [-0.4, -0.2) is 34.8 Å². The third-order valence-corrected chi connectivity index (χ3v) is 3.02. The summed E-state index contributed by atoms with van der Waals surface area (Å²) >= 11 is 0. The maximum absolute atomic E-state index is 12.2. The number of esters is 1. The average molecular weight is 281 g/mol. The number of carbonyl (C=O) groups is 2. The zero-order valence-corrected chi connectivity index (χ0v) is 12.8. The first-order valence-corrected chi connectivity index (χ1v) is 6.80. The van der Waals surface area contributed by atoms with E-state index in [4.69, 9.17) is 4.74 Å². The van der Waals surface area contributed by atoms with Crippen molar-refractivity contribution in [2.75, 3.05) is 7.11 Å². The van der Waals surface area contributed by atoms with Gasteiger partial charge in [-0.15, -0.1) is 0 Å². The van der Waals surface area contributed by atoms with Crippen molar-refractivity contribution in [3.05, 3.63) is 17.5 Å². The summed E-state index contributed by atoms with van der Waals surface area (Å²) in [7, 11) is 3.03. The number of hydrogen-bond donors (Lipinski definition) is 1. The van der Waals surface area contributed by atoms with Crippen LogP contribution in [0.5, 0.6) is 0 Å². The van der Waals surface area contributed by atoms with Crippen LogP contribution >= 0.6 is 0 Å². The lowest BCUT2D eigenvalue weighted by Gasteiger charge is -2.18. The fourth-order valence-electron chi connectivity index (χ4n) is 1.97. The largest absolute Gasteiger partial charge is 0.467 e. The van der Waals surface area contributed by atoms with Gasteiger partial charge in [-0.2, -0.15) is 5.10 Å². The molecule has 0 fully saturated rings. The maximum atomic E-state index is 12.2. The van der Waals surface area contributed by atoms with Crippen LogP contribution in [0.15, 0.2) is 6.07 Å². The van der Waals surface area contributed by atoms with Crippen molar-refractivity contribution in [3.8, 4) is 0 Å². The number of carbonyl (C=O) groups excluding carboxylic acids is 2. The molecule has 0 spiro atoms. The van der Waals surface area contributed by atoms with E-state index in [-0.39, 0.29) is 11.8 Å².